The van der Waals surface area contributed by atoms with Crippen molar-refractivity contribution >= 4 is 40.1 Å². The number of rotatable bonds is 7. The Morgan fingerprint density at radius 2 is 1.90 bits per heavy atom. The topological polar surface area (TPSA) is 54.5 Å². The average molecular weight is 473 g/mol. The van der Waals surface area contributed by atoms with Crippen LogP contribution in [0.2, 0.25) is 5.02 Å². The Bertz CT molecular complexity index is 1130. The number of benzene rings is 1. The van der Waals surface area contributed by atoms with Crippen LogP contribution < -0.4 is 0 Å². The number of halogens is 2. The molecule has 31 heavy (non-hydrogen) atoms. The van der Waals surface area contributed by atoms with E-state index in [2.05, 4.69) is 67.0 Å². The van der Waals surface area contributed by atoms with E-state index < -0.39 is 0 Å². The van der Waals surface area contributed by atoms with Crippen LogP contribution in [0.3, 0.4) is 0 Å². The summed E-state index contributed by atoms with van der Waals surface area (Å²) in [6.07, 6.45) is 3.90. The first-order valence-corrected chi connectivity index (χ1v) is 11.7. The minimum absolute atomic E-state index is 0.259. The molecule has 162 valence electrons. The van der Waals surface area contributed by atoms with Crippen molar-refractivity contribution in [1.29, 1.82) is 0 Å². The predicted molar refractivity (Wildman–Crippen MR) is 134 cm³/mol. The number of H-pyrrole nitrogens is 1. The monoisotopic (exact) mass is 472 g/mol. The fraction of sp³-hybridized carbons (Fsp3) is 0.292. The first-order valence-electron chi connectivity index (χ1n) is 10.1. The van der Waals surface area contributed by atoms with Gasteiger partial charge in [-0.3, -0.25) is 0 Å². The molecule has 1 aromatic carbocycles. The molecule has 0 aliphatic rings. The highest BCUT2D eigenvalue weighted by Gasteiger charge is 2.21. The fourth-order valence-corrected chi connectivity index (χ4v) is 5.09. The summed E-state index contributed by atoms with van der Waals surface area (Å²) in [5.41, 5.74) is 5.43. The van der Waals surface area contributed by atoms with E-state index in [-0.39, 0.29) is 5.92 Å². The van der Waals surface area contributed by atoms with E-state index in [4.69, 9.17) is 23.2 Å². The molecule has 3 aromatic rings. The minimum atomic E-state index is 0.259. The lowest BCUT2D eigenvalue weighted by Gasteiger charge is -2.14. The molecule has 2 aromatic heterocycles. The van der Waals surface area contributed by atoms with Crippen LogP contribution >= 0.6 is 34.5 Å². The molecule has 0 saturated heterocycles. The molecule has 0 unspecified atom stereocenters. The SMILES string of the molecule is C=C/C(=C(\C=C(/C)Cl)C(C)C)c1sc(-c2ccc(Cl)cc2C(C)C)cc1-c1nnn[nH]1. The number of tetrazole rings is 1. The zero-order valence-corrected chi connectivity index (χ0v) is 20.7. The first-order chi connectivity index (χ1) is 14.7. The van der Waals surface area contributed by atoms with E-state index in [0.717, 1.165) is 42.1 Å². The summed E-state index contributed by atoms with van der Waals surface area (Å²) in [4.78, 5) is 2.17. The summed E-state index contributed by atoms with van der Waals surface area (Å²) in [7, 11) is 0. The van der Waals surface area contributed by atoms with Crippen LogP contribution in [0, 0.1) is 5.92 Å². The van der Waals surface area contributed by atoms with Gasteiger partial charge in [-0.1, -0.05) is 69.6 Å². The summed E-state index contributed by atoms with van der Waals surface area (Å²) < 4.78 is 0. The second kappa shape index (κ2) is 9.94. The zero-order valence-electron chi connectivity index (χ0n) is 18.3. The fourth-order valence-electron chi connectivity index (χ4n) is 3.52. The van der Waals surface area contributed by atoms with Crippen LogP contribution in [-0.2, 0) is 0 Å². The maximum absolute atomic E-state index is 6.30. The van der Waals surface area contributed by atoms with Crippen LogP contribution in [0.15, 0.2) is 53.6 Å². The molecule has 2 heterocycles. The van der Waals surface area contributed by atoms with Gasteiger partial charge in [0.15, 0.2) is 5.82 Å². The molecule has 3 rings (SSSR count). The summed E-state index contributed by atoms with van der Waals surface area (Å²) in [5, 5.41) is 16.1. The average Bonchev–Trinajstić information content (AvgIpc) is 3.37. The number of aromatic amines is 1. The highest BCUT2D eigenvalue weighted by atomic mass is 35.5. The van der Waals surface area contributed by atoms with Gasteiger partial charge in [-0.2, -0.15) is 0 Å². The molecule has 4 nitrogen and oxygen atoms in total. The molecule has 0 saturated carbocycles. The Kier molecular flexibility index (Phi) is 7.52. The van der Waals surface area contributed by atoms with Crippen molar-refractivity contribution < 1.29 is 0 Å². The standard InChI is InChI=1S/C24H26Cl2N4S/c1-7-17(19(13(2)3)10-15(6)25)23-21(24-27-29-30-28-24)12-22(31-23)18-9-8-16(26)11-20(18)14(4)5/h7-14H,1H2,2-6H3,(H,27,28,29,30)/b15-10+,19-17-. The van der Waals surface area contributed by atoms with Crippen LogP contribution in [0.4, 0.5) is 0 Å². The molecule has 0 aliphatic heterocycles. The van der Waals surface area contributed by atoms with Crippen molar-refractivity contribution in [1.82, 2.24) is 20.6 Å². The molecular weight excluding hydrogens is 447 g/mol. The van der Waals surface area contributed by atoms with Gasteiger partial charge in [-0.05, 0) is 75.7 Å². The number of hydrogen-bond donors (Lipinski definition) is 1. The lowest BCUT2D eigenvalue weighted by atomic mass is 9.93. The van der Waals surface area contributed by atoms with Gasteiger partial charge in [0.1, 0.15) is 0 Å². The van der Waals surface area contributed by atoms with E-state index in [0.29, 0.717) is 11.7 Å². The number of nitrogens with one attached hydrogen (secondary N) is 1. The molecule has 0 bridgehead atoms. The second-order valence-corrected chi connectivity index (χ2v) is 10.0. The minimum Gasteiger partial charge on any atom is -0.239 e. The van der Waals surface area contributed by atoms with Gasteiger partial charge < -0.3 is 0 Å². The Balaban J connectivity index is 2.33. The number of aromatic nitrogens is 4. The van der Waals surface area contributed by atoms with Gasteiger partial charge in [-0.25, -0.2) is 5.10 Å². The normalized spacial score (nSPS) is 13.1. The maximum atomic E-state index is 6.30. The molecule has 0 fully saturated rings. The molecular formula is C24H26Cl2N4S. The molecule has 7 heteroatoms. The van der Waals surface area contributed by atoms with E-state index in [9.17, 15) is 0 Å². The highest BCUT2D eigenvalue weighted by molar-refractivity contribution is 7.17. The van der Waals surface area contributed by atoms with Crippen molar-refractivity contribution in [3.05, 3.63) is 69.1 Å². The highest BCUT2D eigenvalue weighted by Crippen LogP contribution is 2.44. The second-order valence-electron chi connectivity index (χ2n) is 7.95. The smallest absolute Gasteiger partial charge is 0.180 e. The van der Waals surface area contributed by atoms with Gasteiger partial charge >= 0.3 is 0 Å². The Labute approximate surface area is 197 Å². The van der Waals surface area contributed by atoms with Gasteiger partial charge in [0, 0.05) is 25.4 Å². The largest absolute Gasteiger partial charge is 0.239 e. The van der Waals surface area contributed by atoms with Gasteiger partial charge in [0.25, 0.3) is 0 Å². The van der Waals surface area contributed by atoms with Crippen molar-refractivity contribution in [2.75, 3.05) is 0 Å². The van der Waals surface area contributed by atoms with Crippen molar-refractivity contribution in [3.8, 4) is 21.8 Å². The van der Waals surface area contributed by atoms with Crippen LogP contribution in [-0.4, -0.2) is 20.6 Å². The summed E-state index contributed by atoms with van der Waals surface area (Å²) in [6, 6.07) is 8.19. The number of nitrogens with zero attached hydrogens (tertiary/aromatic N) is 3. The van der Waals surface area contributed by atoms with Crippen molar-refractivity contribution in [3.63, 3.8) is 0 Å². The third kappa shape index (κ3) is 5.17. The van der Waals surface area contributed by atoms with Gasteiger partial charge in [0.05, 0.1) is 0 Å². The third-order valence-corrected chi connectivity index (χ3v) is 6.52. The molecule has 0 aliphatic carbocycles. The molecule has 0 amide bonds. The Morgan fingerprint density at radius 3 is 2.45 bits per heavy atom. The Hall–Kier alpha value is -2.21. The first kappa shape index (κ1) is 23.5. The number of thiophene rings is 1. The molecule has 1 N–H and O–H groups in total. The predicted octanol–water partition coefficient (Wildman–Crippen LogP) is 8.11. The maximum Gasteiger partial charge on any atom is 0.180 e. The van der Waals surface area contributed by atoms with E-state index in [1.165, 1.54) is 5.56 Å². The number of allylic oxidation sites excluding steroid dienone is 5. The van der Waals surface area contributed by atoms with E-state index in [1.54, 1.807) is 11.3 Å². The molecule has 0 atom stereocenters. The molecule has 0 radical (unpaired) electrons. The lowest BCUT2D eigenvalue weighted by molar-refractivity contribution is 0.794. The summed E-state index contributed by atoms with van der Waals surface area (Å²) >= 11 is 14.3. The number of hydrogen-bond acceptors (Lipinski definition) is 4. The van der Waals surface area contributed by atoms with Gasteiger partial charge in [0.2, 0.25) is 0 Å². The van der Waals surface area contributed by atoms with Gasteiger partial charge in [-0.15, -0.1) is 16.4 Å². The van der Waals surface area contributed by atoms with Crippen molar-refractivity contribution in [2.24, 2.45) is 5.92 Å². The van der Waals surface area contributed by atoms with Crippen LogP contribution in [0.5, 0.6) is 0 Å². The summed E-state index contributed by atoms with van der Waals surface area (Å²) in [6.45, 7) is 14.6. The molecule has 0 spiro atoms. The summed E-state index contributed by atoms with van der Waals surface area (Å²) in [5.74, 6) is 1.21. The van der Waals surface area contributed by atoms with Crippen LogP contribution in [0.25, 0.3) is 27.4 Å². The Morgan fingerprint density at radius 1 is 1.16 bits per heavy atom. The van der Waals surface area contributed by atoms with E-state index in [1.807, 2.05) is 31.2 Å². The van der Waals surface area contributed by atoms with E-state index >= 15 is 0 Å². The zero-order chi connectivity index (χ0) is 22.7. The quantitative estimate of drug-likeness (QED) is 0.353. The third-order valence-electron chi connectivity index (χ3n) is 4.97. The van der Waals surface area contributed by atoms with Crippen LogP contribution in [0.1, 0.15) is 51.0 Å². The lowest BCUT2D eigenvalue weighted by Crippen LogP contribution is -1.96. The van der Waals surface area contributed by atoms with Crippen molar-refractivity contribution in [2.45, 2.75) is 40.5 Å².